The molecule has 1 radical (unpaired) electrons. The Morgan fingerprint density at radius 1 is 1.12 bits per heavy atom. The molecule has 0 saturated heterocycles. The van der Waals surface area contributed by atoms with E-state index >= 15 is 0 Å². The predicted molar refractivity (Wildman–Crippen MR) is 38.6 cm³/mol. The molecule has 0 bridgehead atoms. The van der Waals surface area contributed by atoms with Gasteiger partial charge in [0.1, 0.15) is 0 Å². The van der Waals surface area contributed by atoms with E-state index in [1.165, 1.54) is 0 Å². The van der Waals surface area contributed by atoms with Gasteiger partial charge in [-0.25, -0.2) is 0 Å². The van der Waals surface area contributed by atoms with E-state index in [0.717, 1.165) is 0 Å². The van der Waals surface area contributed by atoms with Crippen LogP contribution in [0.15, 0.2) is 18.9 Å². The number of rotatable bonds is 0. The van der Waals surface area contributed by atoms with Crippen LogP contribution in [0.3, 0.4) is 0 Å². The van der Waals surface area contributed by atoms with Crippen molar-refractivity contribution in [3.05, 3.63) is 40.7 Å². The van der Waals surface area contributed by atoms with Crippen molar-refractivity contribution in [2.75, 3.05) is 0 Å². The Kier molecular flexibility index (Phi) is 766. The first-order valence-electron chi connectivity index (χ1n) is 1.41. The minimum Gasteiger partial charge on any atom is -0.358 e. The summed E-state index contributed by atoms with van der Waals surface area (Å²) in [6, 6.07) is 0. The van der Waals surface area contributed by atoms with Gasteiger partial charge in [-0.05, 0) is 0 Å². The van der Waals surface area contributed by atoms with Gasteiger partial charge in [-0.15, -0.1) is 5.73 Å². The normalized spacial score (nSPS) is 1.75. The van der Waals surface area contributed by atoms with E-state index in [4.69, 9.17) is 0 Å². The largest absolute Gasteiger partial charge is 3.00 e. The zero-order chi connectivity index (χ0) is 4.71. The summed E-state index contributed by atoms with van der Waals surface area (Å²) in [7, 11) is 0. The summed E-state index contributed by atoms with van der Waals surface area (Å²) in [6.45, 7) is 11.2. The predicted octanol–water partition coefficient (Wildman–Crippen LogP) is 2.70. The Labute approximate surface area is 73.8 Å². The number of hydrogen-bond acceptors (Lipinski definition) is 0. The monoisotopic (exact) mass is 189 g/mol. The van der Waals surface area contributed by atoms with Gasteiger partial charge in [0, 0.05) is 0 Å². The van der Waals surface area contributed by atoms with E-state index in [1.807, 2.05) is 0 Å². The average Bonchev–Trinajstić information content (AvgIpc) is 1.46. The van der Waals surface area contributed by atoms with Crippen molar-refractivity contribution in [1.82, 2.24) is 0 Å². The van der Waals surface area contributed by atoms with Crippen LogP contribution in [0.5, 0.6) is 0 Å². The van der Waals surface area contributed by atoms with Crippen molar-refractivity contribution in [2.45, 2.75) is 6.92 Å². The van der Waals surface area contributed by atoms with Crippen molar-refractivity contribution in [1.29, 1.82) is 0 Å². The van der Waals surface area contributed by atoms with Gasteiger partial charge < -0.3 is 21.8 Å². The molecule has 0 aliphatic rings. The molecule has 0 aromatic rings. The molecule has 0 aromatic heterocycles. The third-order valence-corrected chi connectivity index (χ3v) is 0. The van der Waals surface area contributed by atoms with Crippen LogP contribution in [0.2, 0.25) is 0 Å². The van der Waals surface area contributed by atoms with E-state index in [1.54, 1.807) is 6.92 Å². The Morgan fingerprint density at radius 2 is 1.12 bits per heavy atom. The van der Waals surface area contributed by atoms with Crippen molar-refractivity contribution in [2.24, 2.45) is 0 Å². The molecule has 47 valence electrons. The fourth-order valence-electron chi connectivity index (χ4n) is 0. The summed E-state index contributed by atoms with van der Waals surface area (Å²) < 4.78 is 0. The van der Waals surface area contributed by atoms with Gasteiger partial charge in [0.15, 0.2) is 0 Å². The maximum atomic E-state index is 3.25. The fraction of sp³-hybridized carbons (Fsp3) is 0.143. The molecule has 0 unspecified atom stereocenters. The molecule has 0 N–H and O–H groups in total. The zero-order valence-corrected chi connectivity index (χ0v) is 8.58. The smallest absolute Gasteiger partial charge is 0.358 e. The van der Waals surface area contributed by atoms with Crippen LogP contribution in [-0.2, 0) is 26.2 Å². The molecule has 0 aliphatic heterocycles. The molecule has 0 saturated carbocycles. The molecule has 0 heterocycles. The summed E-state index contributed by atoms with van der Waals surface area (Å²) >= 11 is 0. The summed E-state index contributed by atoms with van der Waals surface area (Å²) in [5.74, 6) is 0. The van der Waals surface area contributed by atoms with Crippen molar-refractivity contribution < 1.29 is 26.2 Å². The van der Waals surface area contributed by atoms with Crippen LogP contribution in [0.25, 0.3) is 0 Å². The second-order valence-electron chi connectivity index (χ2n) is 0.250. The molecule has 8 heavy (non-hydrogen) atoms. The molecular weight excluding hydrogens is 175 g/mol. The van der Waals surface area contributed by atoms with Gasteiger partial charge in [0.25, 0.3) is 0 Å². The number of hydrogen-bond donors (Lipinski definition) is 0. The molecule has 0 spiro atoms. The van der Waals surface area contributed by atoms with Gasteiger partial charge in [0.2, 0.25) is 0 Å². The first kappa shape index (κ1) is 39.8. The Bertz CT molecular complexity index is 25.4. The van der Waals surface area contributed by atoms with E-state index < -0.39 is 0 Å². The van der Waals surface area contributed by atoms with Gasteiger partial charge in [-0.3, -0.25) is 0 Å². The van der Waals surface area contributed by atoms with Crippen LogP contribution in [0.4, 0.5) is 0 Å². The van der Waals surface area contributed by atoms with Crippen LogP contribution in [0, 0.1) is 21.8 Å². The standard InChI is InChI=1S/C3H4.C2H5.2CH3.Zr/c1-3-2;1-2;;;/h1-2H2;1H2,2H3;2*1H3;/q;3*-1;+3. The van der Waals surface area contributed by atoms with Gasteiger partial charge in [-0.1, -0.05) is 13.2 Å². The molecule has 0 rings (SSSR count). The molecule has 0 atom stereocenters. The molecule has 0 aromatic carbocycles. The van der Waals surface area contributed by atoms with Crippen LogP contribution >= 0.6 is 0 Å². The maximum Gasteiger partial charge on any atom is 3.00 e. The zero-order valence-electron chi connectivity index (χ0n) is 6.12. The second kappa shape index (κ2) is 154. The quantitative estimate of drug-likeness (QED) is 0.407. The molecule has 0 nitrogen and oxygen atoms in total. The van der Waals surface area contributed by atoms with Gasteiger partial charge >= 0.3 is 26.2 Å². The molecule has 1 heteroatoms. The minimum absolute atomic E-state index is 0. The molecule has 0 amide bonds. The molecule has 0 fully saturated rings. The average molecular weight is 190 g/mol. The third-order valence-electron chi connectivity index (χ3n) is 0. The topological polar surface area (TPSA) is 0 Å². The van der Waals surface area contributed by atoms with Gasteiger partial charge in [0.05, 0.1) is 0 Å². The Hall–Kier alpha value is 0.403. The fourth-order valence-corrected chi connectivity index (χ4v) is 0. The van der Waals surface area contributed by atoms with Crippen LogP contribution < -0.4 is 0 Å². The van der Waals surface area contributed by atoms with E-state index in [0.29, 0.717) is 0 Å². The van der Waals surface area contributed by atoms with Crippen LogP contribution in [0.1, 0.15) is 6.92 Å². The van der Waals surface area contributed by atoms with Crippen molar-refractivity contribution in [3.63, 3.8) is 0 Å². The summed E-state index contributed by atoms with van der Waals surface area (Å²) in [5.41, 5.74) is 2.25. The maximum absolute atomic E-state index is 3.25. The summed E-state index contributed by atoms with van der Waals surface area (Å²) in [4.78, 5) is 0. The summed E-state index contributed by atoms with van der Waals surface area (Å²) in [5, 5.41) is 0. The first-order chi connectivity index (χ1) is 2.41. The molecular formula is C7H15Zr. The second-order valence-corrected chi connectivity index (χ2v) is 0.250. The summed E-state index contributed by atoms with van der Waals surface area (Å²) in [6.07, 6.45) is 0. The Morgan fingerprint density at radius 3 is 1.12 bits per heavy atom. The van der Waals surface area contributed by atoms with E-state index in [-0.39, 0.29) is 41.1 Å². The van der Waals surface area contributed by atoms with Crippen LogP contribution in [-0.4, -0.2) is 0 Å². The first-order valence-corrected chi connectivity index (χ1v) is 1.41. The van der Waals surface area contributed by atoms with E-state index in [2.05, 4.69) is 25.8 Å². The van der Waals surface area contributed by atoms with Crippen molar-refractivity contribution in [3.8, 4) is 0 Å². The Balaban J connectivity index is -0.00000000567. The SMILES string of the molecule is C=C=C.[CH2-]C.[CH3-].[CH3-].[Zr+3]. The van der Waals surface area contributed by atoms with E-state index in [9.17, 15) is 0 Å². The molecule has 0 aliphatic carbocycles. The van der Waals surface area contributed by atoms with Gasteiger partial charge in [-0.2, -0.15) is 6.92 Å². The minimum atomic E-state index is 0. The third kappa shape index (κ3) is 1150. The van der Waals surface area contributed by atoms with Crippen molar-refractivity contribution >= 4 is 0 Å².